The van der Waals surface area contributed by atoms with Crippen molar-refractivity contribution in [2.45, 2.75) is 51.5 Å². The lowest BCUT2D eigenvalue weighted by Crippen LogP contribution is -2.19. The van der Waals surface area contributed by atoms with Gasteiger partial charge >= 0.3 is 0 Å². The highest BCUT2D eigenvalue weighted by molar-refractivity contribution is 5.87. The van der Waals surface area contributed by atoms with Crippen LogP contribution in [0.3, 0.4) is 0 Å². The lowest BCUT2D eigenvalue weighted by Gasteiger charge is -2.16. The summed E-state index contributed by atoms with van der Waals surface area (Å²) in [5.74, 6) is 1.15. The minimum Gasteiger partial charge on any atom is -0.366 e. The van der Waals surface area contributed by atoms with Crippen molar-refractivity contribution < 1.29 is 4.79 Å². The SMILES string of the molecule is CC(=O)Nc1ccc(NC2CCCCCC2)nn1. The zero-order valence-electron chi connectivity index (χ0n) is 10.8. The number of rotatable bonds is 3. The first-order chi connectivity index (χ1) is 8.74. The second-order valence-electron chi connectivity index (χ2n) is 4.82. The summed E-state index contributed by atoms with van der Waals surface area (Å²) in [6, 6.07) is 4.14. The van der Waals surface area contributed by atoms with E-state index in [1.54, 1.807) is 6.07 Å². The molecule has 2 N–H and O–H groups in total. The van der Waals surface area contributed by atoms with Crippen LogP contribution in [0, 0.1) is 0 Å². The monoisotopic (exact) mass is 248 g/mol. The molecule has 0 aromatic carbocycles. The summed E-state index contributed by atoms with van der Waals surface area (Å²) in [4.78, 5) is 10.9. The summed E-state index contributed by atoms with van der Waals surface area (Å²) in [6.45, 7) is 1.46. The molecule has 5 heteroatoms. The van der Waals surface area contributed by atoms with E-state index in [-0.39, 0.29) is 5.91 Å². The number of nitrogens with one attached hydrogen (secondary N) is 2. The predicted molar refractivity (Wildman–Crippen MR) is 71.4 cm³/mol. The molecule has 0 radical (unpaired) electrons. The van der Waals surface area contributed by atoms with Gasteiger partial charge in [-0.3, -0.25) is 4.79 Å². The first-order valence-electron chi connectivity index (χ1n) is 6.62. The van der Waals surface area contributed by atoms with Gasteiger partial charge in [0.1, 0.15) is 5.82 Å². The molecule has 0 aliphatic heterocycles. The number of amides is 1. The molecule has 2 rings (SSSR count). The Hall–Kier alpha value is -1.65. The maximum absolute atomic E-state index is 10.9. The third-order valence-electron chi connectivity index (χ3n) is 3.18. The number of nitrogens with zero attached hydrogens (tertiary/aromatic N) is 2. The van der Waals surface area contributed by atoms with Gasteiger partial charge in [0.2, 0.25) is 5.91 Å². The topological polar surface area (TPSA) is 66.9 Å². The van der Waals surface area contributed by atoms with Crippen LogP contribution in [0.15, 0.2) is 12.1 Å². The van der Waals surface area contributed by atoms with Gasteiger partial charge in [-0.1, -0.05) is 25.7 Å². The normalized spacial score (nSPS) is 16.9. The van der Waals surface area contributed by atoms with E-state index in [2.05, 4.69) is 20.8 Å². The van der Waals surface area contributed by atoms with Gasteiger partial charge in [0, 0.05) is 13.0 Å². The molecule has 1 fully saturated rings. The van der Waals surface area contributed by atoms with Crippen LogP contribution in [-0.2, 0) is 4.79 Å². The minimum absolute atomic E-state index is 0.131. The zero-order valence-corrected chi connectivity index (χ0v) is 10.8. The van der Waals surface area contributed by atoms with Crippen LogP contribution < -0.4 is 10.6 Å². The van der Waals surface area contributed by atoms with Crippen molar-refractivity contribution in [3.8, 4) is 0 Å². The maximum atomic E-state index is 10.9. The van der Waals surface area contributed by atoms with Crippen molar-refractivity contribution in [3.05, 3.63) is 12.1 Å². The highest BCUT2D eigenvalue weighted by Crippen LogP contribution is 2.20. The van der Waals surface area contributed by atoms with Crippen molar-refractivity contribution in [2.75, 3.05) is 10.6 Å². The van der Waals surface area contributed by atoms with E-state index in [0.717, 1.165) is 5.82 Å². The Labute approximate surface area is 107 Å². The summed E-state index contributed by atoms with van der Waals surface area (Å²) in [7, 11) is 0. The lowest BCUT2D eigenvalue weighted by molar-refractivity contribution is -0.114. The van der Waals surface area contributed by atoms with E-state index < -0.39 is 0 Å². The molecular weight excluding hydrogens is 228 g/mol. The molecule has 1 aromatic heterocycles. The van der Waals surface area contributed by atoms with E-state index >= 15 is 0 Å². The van der Waals surface area contributed by atoms with Gasteiger partial charge in [-0.15, -0.1) is 10.2 Å². The van der Waals surface area contributed by atoms with E-state index in [1.165, 1.54) is 45.4 Å². The Morgan fingerprint density at radius 3 is 2.28 bits per heavy atom. The molecule has 18 heavy (non-hydrogen) atoms. The number of hydrogen-bond donors (Lipinski definition) is 2. The summed E-state index contributed by atoms with van der Waals surface area (Å²) in [5, 5.41) is 14.1. The van der Waals surface area contributed by atoms with Crippen LogP contribution >= 0.6 is 0 Å². The van der Waals surface area contributed by atoms with Gasteiger partial charge in [0.25, 0.3) is 0 Å². The van der Waals surface area contributed by atoms with Crippen molar-refractivity contribution >= 4 is 17.5 Å². The molecule has 1 aromatic rings. The van der Waals surface area contributed by atoms with Gasteiger partial charge < -0.3 is 10.6 Å². The van der Waals surface area contributed by atoms with Crippen LogP contribution in [0.4, 0.5) is 11.6 Å². The molecule has 5 nitrogen and oxygen atoms in total. The Bertz CT molecular complexity index is 382. The standard InChI is InChI=1S/C13H20N4O/c1-10(18)14-12-8-9-13(17-16-12)15-11-6-4-2-3-5-7-11/h8-9,11H,2-7H2,1H3,(H,15,17)(H,14,16,18). The first kappa shape index (κ1) is 12.8. The van der Waals surface area contributed by atoms with Gasteiger partial charge in [-0.2, -0.15) is 0 Å². The first-order valence-corrected chi connectivity index (χ1v) is 6.62. The average molecular weight is 248 g/mol. The summed E-state index contributed by atoms with van der Waals surface area (Å²) in [5.41, 5.74) is 0. The molecule has 98 valence electrons. The highest BCUT2D eigenvalue weighted by Gasteiger charge is 2.12. The third-order valence-corrected chi connectivity index (χ3v) is 3.18. The molecule has 0 saturated heterocycles. The Kier molecular flexibility index (Phi) is 4.50. The fourth-order valence-electron chi connectivity index (χ4n) is 2.29. The van der Waals surface area contributed by atoms with Crippen molar-refractivity contribution in [1.82, 2.24) is 10.2 Å². The van der Waals surface area contributed by atoms with Crippen molar-refractivity contribution in [3.63, 3.8) is 0 Å². The molecule has 1 aliphatic rings. The molecule has 0 bridgehead atoms. The minimum atomic E-state index is -0.131. The molecule has 1 amide bonds. The lowest BCUT2D eigenvalue weighted by atomic mass is 10.1. The van der Waals surface area contributed by atoms with Crippen molar-refractivity contribution in [1.29, 1.82) is 0 Å². The fourth-order valence-corrected chi connectivity index (χ4v) is 2.29. The quantitative estimate of drug-likeness (QED) is 0.807. The van der Waals surface area contributed by atoms with Gasteiger partial charge in [0.15, 0.2) is 5.82 Å². The molecule has 1 aliphatic carbocycles. The van der Waals surface area contributed by atoms with E-state index in [4.69, 9.17) is 0 Å². The third kappa shape index (κ3) is 3.98. The second-order valence-corrected chi connectivity index (χ2v) is 4.82. The second kappa shape index (κ2) is 6.33. The number of carbonyl (C=O) groups excluding carboxylic acids is 1. The molecule has 0 unspecified atom stereocenters. The molecule has 0 spiro atoms. The Morgan fingerprint density at radius 2 is 1.72 bits per heavy atom. The molecular formula is C13H20N4O. The number of anilines is 2. The maximum Gasteiger partial charge on any atom is 0.222 e. The zero-order chi connectivity index (χ0) is 12.8. The van der Waals surface area contributed by atoms with E-state index in [9.17, 15) is 4.79 Å². The molecule has 1 saturated carbocycles. The summed E-state index contributed by atoms with van der Waals surface area (Å²) >= 11 is 0. The fraction of sp³-hybridized carbons (Fsp3) is 0.615. The van der Waals surface area contributed by atoms with E-state index in [1.807, 2.05) is 6.07 Å². The number of carbonyl (C=O) groups is 1. The van der Waals surface area contributed by atoms with Crippen LogP contribution in [-0.4, -0.2) is 22.1 Å². The van der Waals surface area contributed by atoms with Crippen molar-refractivity contribution in [2.24, 2.45) is 0 Å². The summed E-state index contributed by atoms with van der Waals surface area (Å²) in [6.07, 6.45) is 7.66. The predicted octanol–water partition coefficient (Wildman–Crippen LogP) is 2.57. The summed E-state index contributed by atoms with van der Waals surface area (Å²) < 4.78 is 0. The number of aromatic nitrogens is 2. The Morgan fingerprint density at radius 1 is 1.11 bits per heavy atom. The van der Waals surface area contributed by atoms with Crippen LogP contribution in [0.1, 0.15) is 45.4 Å². The largest absolute Gasteiger partial charge is 0.366 e. The highest BCUT2D eigenvalue weighted by atomic mass is 16.1. The Balaban J connectivity index is 1.90. The van der Waals surface area contributed by atoms with Crippen LogP contribution in [0.5, 0.6) is 0 Å². The molecule has 0 atom stereocenters. The van der Waals surface area contributed by atoms with Crippen LogP contribution in [0.2, 0.25) is 0 Å². The smallest absolute Gasteiger partial charge is 0.222 e. The van der Waals surface area contributed by atoms with Gasteiger partial charge in [-0.05, 0) is 25.0 Å². The van der Waals surface area contributed by atoms with Crippen LogP contribution in [0.25, 0.3) is 0 Å². The van der Waals surface area contributed by atoms with Gasteiger partial charge in [0.05, 0.1) is 0 Å². The van der Waals surface area contributed by atoms with Gasteiger partial charge in [-0.25, -0.2) is 0 Å². The van der Waals surface area contributed by atoms with E-state index in [0.29, 0.717) is 11.9 Å². The average Bonchev–Trinajstić information content (AvgIpc) is 2.60. The molecule has 1 heterocycles. The number of hydrogen-bond acceptors (Lipinski definition) is 4.